The van der Waals surface area contributed by atoms with E-state index in [4.69, 9.17) is 4.42 Å². The highest BCUT2D eigenvalue weighted by atomic mass is 16.3. The van der Waals surface area contributed by atoms with Gasteiger partial charge in [-0.15, -0.1) is 0 Å². The van der Waals surface area contributed by atoms with Crippen molar-refractivity contribution in [3.63, 3.8) is 0 Å². The van der Waals surface area contributed by atoms with Crippen LogP contribution in [0, 0.1) is 0 Å². The van der Waals surface area contributed by atoms with Crippen LogP contribution in [-0.4, -0.2) is 9.38 Å². The van der Waals surface area contributed by atoms with Gasteiger partial charge in [-0.05, 0) is 37.3 Å². The Bertz CT molecular complexity index is 874. The molecule has 0 aliphatic rings. The van der Waals surface area contributed by atoms with E-state index >= 15 is 0 Å². The van der Waals surface area contributed by atoms with Gasteiger partial charge in [0.1, 0.15) is 5.65 Å². The fraction of sp³-hybridized carbons (Fsp3) is 0.105. The number of aromatic nitrogens is 2. The predicted molar refractivity (Wildman–Crippen MR) is 91.4 cm³/mol. The molecule has 4 nitrogen and oxygen atoms in total. The molecule has 1 aromatic carbocycles. The van der Waals surface area contributed by atoms with Crippen LogP contribution in [0.3, 0.4) is 0 Å². The molecule has 3 aromatic heterocycles. The summed E-state index contributed by atoms with van der Waals surface area (Å²) in [4.78, 5) is 4.64. The van der Waals surface area contributed by atoms with Crippen LogP contribution < -0.4 is 5.32 Å². The lowest BCUT2D eigenvalue weighted by Crippen LogP contribution is -2.05. The van der Waals surface area contributed by atoms with Gasteiger partial charge in [0, 0.05) is 29.2 Å². The van der Waals surface area contributed by atoms with Gasteiger partial charge in [0.2, 0.25) is 0 Å². The summed E-state index contributed by atoms with van der Waals surface area (Å²) in [5.41, 5.74) is 5.25. The van der Waals surface area contributed by atoms with Crippen LogP contribution in [0.15, 0.2) is 77.9 Å². The molecule has 0 saturated heterocycles. The molecule has 0 aliphatic carbocycles. The zero-order chi connectivity index (χ0) is 15.6. The van der Waals surface area contributed by atoms with Crippen molar-refractivity contribution in [3.05, 3.63) is 79.0 Å². The summed E-state index contributed by atoms with van der Waals surface area (Å²) in [6, 6.07) is 16.5. The van der Waals surface area contributed by atoms with E-state index < -0.39 is 0 Å². The molecule has 0 fully saturated rings. The number of anilines is 1. The molecular formula is C19H17N3O. The molecule has 0 bridgehead atoms. The molecule has 0 radical (unpaired) electrons. The Labute approximate surface area is 134 Å². The van der Waals surface area contributed by atoms with Crippen molar-refractivity contribution in [1.29, 1.82) is 0 Å². The number of pyridine rings is 1. The van der Waals surface area contributed by atoms with Gasteiger partial charge < -0.3 is 14.1 Å². The number of hydrogen-bond donors (Lipinski definition) is 1. The van der Waals surface area contributed by atoms with Gasteiger partial charge in [-0.1, -0.05) is 18.2 Å². The molecule has 4 aromatic rings. The topological polar surface area (TPSA) is 42.5 Å². The number of nitrogens with zero attached hydrogens (tertiary/aromatic N) is 2. The first-order valence-electron chi connectivity index (χ1n) is 7.62. The zero-order valence-electron chi connectivity index (χ0n) is 12.8. The number of nitrogens with one attached hydrogen (secondary N) is 1. The molecule has 4 rings (SSSR count). The average Bonchev–Trinajstić information content (AvgIpc) is 3.25. The smallest absolute Gasteiger partial charge is 0.137 e. The van der Waals surface area contributed by atoms with Crippen molar-refractivity contribution >= 4 is 11.3 Å². The zero-order valence-corrected chi connectivity index (χ0v) is 12.8. The number of benzene rings is 1. The van der Waals surface area contributed by atoms with Crippen LogP contribution in [0.5, 0.6) is 0 Å². The molecule has 1 atom stereocenters. The Hall–Kier alpha value is -3.01. The Morgan fingerprint density at radius 2 is 1.96 bits per heavy atom. The monoisotopic (exact) mass is 303 g/mol. The summed E-state index contributed by atoms with van der Waals surface area (Å²) in [5, 5.41) is 3.46. The van der Waals surface area contributed by atoms with Crippen LogP contribution in [0.4, 0.5) is 5.69 Å². The minimum atomic E-state index is 0.204. The summed E-state index contributed by atoms with van der Waals surface area (Å²) in [7, 11) is 0. The van der Waals surface area contributed by atoms with Gasteiger partial charge in [0.25, 0.3) is 0 Å². The first kappa shape index (κ1) is 13.6. The van der Waals surface area contributed by atoms with Crippen molar-refractivity contribution < 1.29 is 4.42 Å². The largest absolute Gasteiger partial charge is 0.472 e. The number of rotatable bonds is 4. The summed E-state index contributed by atoms with van der Waals surface area (Å²) in [6.45, 7) is 2.11. The normalized spacial score (nSPS) is 12.4. The predicted octanol–water partition coefficient (Wildman–Crippen LogP) is 4.77. The molecule has 4 heteroatoms. The SMILES string of the molecule is CC(Nc1ccc(-c2cn3ccccc3n2)cc1)c1ccoc1. The summed E-state index contributed by atoms with van der Waals surface area (Å²) >= 11 is 0. The van der Waals surface area contributed by atoms with Gasteiger partial charge in [-0.25, -0.2) is 4.98 Å². The highest BCUT2D eigenvalue weighted by Crippen LogP contribution is 2.24. The van der Waals surface area contributed by atoms with E-state index in [2.05, 4.69) is 41.5 Å². The van der Waals surface area contributed by atoms with E-state index in [0.717, 1.165) is 28.2 Å². The standard InChI is InChI=1S/C19H17N3O/c1-14(16-9-11-23-13-16)20-17-7-5-15(6-8-17)18-12-22-10-3-2-4-19(22)21-18/h2-14,20H,1H3. The fourth-order valence-corrected chi connectivity index (χ4v) is 2.67. The summed E-state index contributed by atoms with van der Waals surface area (Å²) in [6.07, 6.45) is 7.52. The highest BCUT2D eigenvalue weighted by molar-refractivity contribution is 5.65. The lowest BCUT2D eigenvalue weighted by atomic mass is 10.1. The second-order valence-electron chi connectivity index (χ2n) is 5.59. The maximum atomic E-state index is 5.13. The number of fused-ring (bicyclic) bond motifs is 1. The van der Waals surface area contributed by atoms with E-state index in [1.165, 1.54) is 0 Å². The van der Waals surface area contributed by atoms with Crippen molar-refractivity contribution in [2.45, 2.75) is 13.0 Å². The minimum absolute atomic E-state index is 0.204. The van der Waals surface area contributed by atoms with E-state index in [1.807, 2.05) is 41.1 Å². The molecule has 0 aliphatic heterocycles. The summed E-state index contributed by atoms with van der Waals surface area (Å²) < 4.78 is 7.16. The molecule has 0 saturated carbocycles. The lowest BCUT2D eigenvalue weighted by molar-refractivity contribution is 0.562. The minimum Gasteiger partial charge on any atom is -0.472 e. The Morgan fingerprint density at radius 3 is 2.70 bits per heavy atom. The molecule has 0 amide bonds. The van der Waals surface area contributed by atoms with Crippen LogP contribution in [0.25, 0.3) is 16.9 Å². The Balaban J connectivity index is 1.55. The third-order valence-corrected chi connectivity index (χ3v) is 3.97. The second kappa shape index (κ2) is 5.65. The molecule has 1 unspecified atom stereocenters. The van der Waals surface area contributed by atoms with Gasteiger partial charge in [-0.3, -0.25) is 0 Å². The van der Waals surface area contributed by atoms with Gasteiger partial charge in [-0.2, -0.15) is 0 Å². The van der Waals surface area contributed by atoms with E-state index in [0.29, 0.717) is 0 Å². The third kappa shape index (κ3) is 2.71. The lowest BCUT2D eigenvalue weighted by Gasteiger charge is -2.13. The molecule has 1 N–H and O–H groups in total. The van der Waals surface area contributed by atoms with Crippen LogP contribution in [0.1, 0.15) is 18.5 Å². The first-order chi connectivity index (χ1) is 11.3. The quantitative estimate of drug-likeness (QED) is 0.590. The number of imidazole rings is 1. The van der Waals surface area contributed by atoms with Gasteiger partial charge in [0.05, 0.1) is 24.3 Å². The van der Waals surface area contributed by atoms with Crippen molar-refractivity contribution in [2.75, 3.05) is 5.32 Å². The maximum absolute atomic E-state index is 5.13. The molecule has 3 heterocycles. The Morgan fingerprint density at radius 1 is 1.09 bits per heavy atom. The number of furan rings is 1. The molecule has 114 valence electrons. The molecular weight excluding hydrogens is 286 g/mol. The maximum Gasteiger partial charge on any atom is 0.137 e. The van der Waals surface area contributed by atoms with Crippen molar-refractivity contribution in [1.82, 2.24) is 9.38 Å². The first-order valence-corrected chi connectivity index (χ1v) is 7.62. The van der Waals surface area contributed by atoms with Crippen LogP contribution in [-0.2, 0) is 0 Å². The van der Waals surface area contributed by atoms with E-state index in [9.17, 15) is 0 Å². The Kier molecular flexibility index (Phi) is 3.35. The van der Waals surface area contributed by atoms with E-state index in [-0.39, 0.29) is 6.04 Å². The number of hydrogen-bond acceptors (Lipinski definition) is 3. The second-order valence-corrected chi connectivity index (χ2v) is 5.59. The van der Waals surface area contributed by atoms with E-state index in [1.54, 1.807) is 12.5 Å². The molecule has 0 spiro atoms. The third-order valence-electron chi connectivity index (χ3n) is 3.97. The van der Waals surface area contributed by atoms with Crippen molar-refractivity contribution in [2.24, 2.45) is 0 Å². The van der Waals surface area contributed by atoms with Crippen molar-refractivity contribution in [3.8, 4) is 11.3 Å². The molecule has 23 heavy (non-hydrogen) atoms. The summed E-state index contributed by atoms with van der Waals surface area (Å²) in [5.74, 6) is 0. The van der Waals surface area contributed by atoms with Crippen LogP contribution >= 0.6 is 0 Å². The van der Waals surface area contributed by atoms with Gasteiger partial charge in [0.15, 0.2) is 0 Å². The highest BCUT2D eigenvalue weighted by Gasteiger charge is 2.07. The van der Waals surface area contributed by atoms with Gasteiger partial charge >= 0.3 is 0 Å². The van der Waals surface area contributed by atoms with Crippen LogP contribution in [0.2, 0.25) is 0 Å². The average molecular weight is 303 g/mol. The fourth-order valence-electron chi connectivity index (χ4n) is 2.67.